The highest BCUT2D eigenvalue weighted by Crippen LogP contribution is 2.26. The van der Waals surface area contributed by atoms with Crippen molar-refractivity contribution in [3.8, 4) is 11.4 Å². The van der Waals surface area contributed by atoms with Crippen LogP contribution in [0.4, 0.5) is 11.4 Å². The zero-order valence-corrected chi connectivity index (χ0v) is 17.8. The molecule has 7 nitrogen and oxygen atoms in total. The van der Waals surface area contributed by atoms with Crippen molar-refractivity contribution in [1.82, 2.24) is 15.0 Å². The Labute approximate surface area is 182 Å². The first-order valence-electron chi connectivity index (χ1n) is 10.7. The topological polar surface area (TPSA) is 111 Å². The number of anilines is 2. The standard InChI is InChI=1S/C24H28N6O/c1-2-16-7-10-28-21(12-16)20-6-5-19(26)24(29-20)23(31)13-17-14-27-9-8-22(17)30-11-3-4-18(25)15-30/h5-10,12,14,18H,2-4,11,13,15,25-26H2,1H3/t18-/m0/s1. The summed E-state index contributed by atoms with van der Waals surface area (Å²) < 4.78 is 0. The number of nitrogens with zero attached hydrogens (tertiary/aromatic N) is 4. The second-order valence-corrected chi connectivity index (χ2v) is 7.99. The fraction of sp³-hybridized carbons (Fsp3) is 0.333. The van der Waals surface area contributed by atoms with Crippen LogP contribution < -0.4 is 16.4 Å². The quantitative estimate of drug-likeness (QED) is 0.594. The third-order valence-electron chi connectivity index (χ3n) is 5.71. The second kappa shape index (κ2) is 9.22. The van der Waals surface area contributed by atoms with E-state index >= 15 is 0 Å². The van der Waals surface area contributed by atoms with Gasteiger partial charge in [-0.15, -0.1) is 0 Å². The molecule has 0 bridgehead atoms. The molecule has 1 aliphatic rings. The lowest BCUT2D eigenvalue weighted by Gasteiger charge is -2.33. The molecular formula is C24H28N6O. The maximum atomic E-state index is 13.2. The van der Waals surface area contributed by atoms with E-state index in [1.807, 2.05) is 18.2 Å². The number of ketones is 1. The average Bonchev–Trinajstić information content (AvgIpc) is 2.79. The summed E-state index contributed by atoms with van der Waals surface area (Å²) in [6.45, 7) is 3.79. The van der Waals surface area contributed by atoms with Crippen molar-refractivity contribution in [3.05, 3.63) is 65.7 Å². The van der Waals surface area contributed by atoms with Crippen LogP contribution in [0.3, 0.4) is 0 Å². The van der Waals surface area contributed by atoms with E-state index in [-0.39, 0.29) is 23.9 Å². The van der Waals surface area contributed by atoms with E-state index in [0.29, 0.717) is 11.4 Å². The van der Waals surface area contributed by atoms with Crippen molar-refractivity contribution in [1.29, 1.82) is 0 Å². The molecule has 0 saturated carbocycles. The molecule has 1 fully saturated rings. The predicted molar refractivity (Wildman–Crippen MR) is 123 cm³/mol. The molecule has 0 amide bonds. The second-order valence-electron chi connectivity index (χ2n) is 7.99. The van der Waals surface area contributed by atoms with Crippen LogP contribution in [0.5, 0.6) is 0 Å². The predicted octanol–water partition coefficient (Wildman–Crippen LogP) is 3.04. The molecule has 4 N–H and O–H groups in total. The Balaban J connectivity index is 1.61. The number of Topliss-reactive ketones (excluding diaryl/α,β-unsaturated/α-hetero) is 1. The Hall–Kier alpha value is -3.32. The summed E-state index contributed by atoms with van der Waals surface area (Å²) in [5.41, 5.74) is 17.3. The van der Waals surface area contributed by atoms with Crippen LogP contribution in [-0.2, 0) is 12.8 Å². The molecule has 0 radical (unpaired) electrons. The lowest BCUT2D eigenvalue weighted by atomic mass is 10.0. The molecule has 31 heavy (non-hydrogen) atoms. The molecule has 0 spiro atoms. The molecule has 0 aromatic carbocycles. The van der Waals surface area contributed by atoms with E-state index in [0.717, 1.165) is 54.9 Å². The molecule has 4 heterocycles. The molecular weight excluding hydrogens is 388 g/mol. The fourth-order valence-electron chi connectivity index (χ4n) is 4.02. The van der Waals surface area contributed by atoms with Crippen molar-refractivity contribution in [3.63, 3.8) is 0 Å². The van der Waals surface area contributed by atoms with Gasteiger partial charge in [0.15, 0.2) is 5.78 Å². The number of piperidine rings is 1. The number of hydrogen-bond acceptors (Lipinski definition) is 7. The monoisotopic (exact) mass is 416 g/mol. The van der Waals surface area contributed by atoms with Gasteiger partial charge in [0.05, 0.1) is 17.1 Å². The lowest BCUT2D eigenvalue weighted by molar-refractivity contribution is 0.0989. The van der Waals surface area contributed by atoms with Crippen LogP contribution in [0.15, 0.2) is 48.9 Å². The number of aryl methyl sites for hydroxylation is 1. The summed E-state index contributed by atoms with van der Waals surface area (Å²) in [5, 5.41) is 0. The van der Waals surface area contributed by atoms with Crippen LogP contribution in [0.1, 0.15) is 41.4 Å². The summed E-state index contributed by atoms with van der Waals surface area (Å²) in [4.78, 5) is 28.7. The Morgan fingerprint density at radius 2 is 2.06 bits per heavy atom. The van der Waals surface area contributed by atoms with E-state index in [2.05, 4.69) is 26.8 Å². The Kier molecular flexibility index (Phi) is 6.23. The van der Waals surface area contributed by atoms with Gasteiger partial charge in [0, 0.05) is 55.4 Å². The maximum Gasteiger partial charge on any atom is 0.187 e. The highest BCUT2D eigenvalue weighted by atomic mass is 16.1. The normalized spacial score (nSPS) is 16.3. The third kappa shape index (κ3) is 4.72. The number of nitrogen functional groups attached to an aromatic ring is 1. The smallest absolute Gasteiger partial charge is 0.187 e. The molecule has 3 aromatic rings. The highest BCUT2D eigenvalue weighted by molar-refractivity contribution is 6.01. The first-order valence-corrected chi connectivity index (χ1v) is 10.7. The van der Waals surface area contributed by atoms with Crippen LogP contribution in [0.25, 0.3) is 11.4 Å². The first-order chi connectivity index (χ1) is 15.0. The largest absolute Gasteiger partial charge is 0.397 e. The molecule has 0 aliphatic carbocycles. The van der Waals surface area contributed by atoms with E-state index < -0.39 is 0 Å². The Morgan fingerprint density at radius 3 is 2.87 bits per heavy atom. The van der Waals surface area contributed by atoms with E-state index in [9.17, 15) is 4.79 Å². The van der Waals surface area contributed by atoms with Crippen LogP contribution in [0.2, 0.25) is 0 Å². The molecule has 1 aliphatic heterocycles. The summed E-state index contributed by atoms with van der Waals surface area (Å²) in [7, 11) is 0. The van der Waals surface area contributed by atoms with Crippen molar-refractivity contribution < 1.29 is 4.79 Å². The number of aromatic nitrogens is 3. The van der Waals surface area contributed by atoms with Crippen molar-refractivity contribution >= 4 is 17.2 Å². The number of carbonyl (C=O) groups excluding carboxylic acids is 1. The first kappa shape index (κ1) is 20.9. The third-order valence-corrected chi connectivity index (χ3v) is 5.71. The van der Waals surface area contributed by atoms with Gasteiger partial charge in [0.25, 0.3) is 0 Å². The van der Waals surface area contributed by atoms with Gasteiger partial charge in [-0.2, -0.15) is 0 Å². The van der Waals surface area contributed by atoms with Gasteiger partial charge in [-0.25, -0.2) is 4.98 Å². The van der Waals surface area contributed by atoms with Gasteiger partial charge >= 0.3 is 0 Å². The maximum absolute atomic E-state index is 13.2. The molecule has 1 atom stereocenters. The minimum Gasteiger partial charge on any atom is -0.397 e. The molecule has 1 saturated heterocycles. The minimum absolute atomic E-state index is 0.137. The van der Waals surface area contributed by atoms with Gasteiger partial charge in [-0.1, -0.05) is 6.92 Å². The minimum atomic E-state index is -0.137. The van der Waals surface area contributed by atoms with Crippen LogP contribution >= 0.6 is 0 Å². The van der Waals surface area contributed by atoms with Crippen molar-refractivity contribution in [2.24, 2.45) is 5.73 Å². The summed E-state index contributed by atoms with van der Waals surface area (Å²) in [5.74, 6) is -0.137. The SMILES string of the molecule is CCc1ccnc(-c2ccc(N)c(C(=O)Cc3cnccc3N3CCC[C@H](N)C3)n2)c1. The molecule has 7 heteroatoms. The van der Waals surface area contributed by atoms with Gasteiger partial charge in [-0.05, 0) is 55.2 Å². The molecule has 160 valence electrons. The van der Waals surface area contributed by atoms with Gasteiger partial charge in [0.1, 0.15) is 5.69 Å². The zero-order chi connectivity index (χ0) is 21.8. The van der Waals surface area contributed by atoms with Crippen molar-refractivity contribution in [2.75, 3.05) is 23.7 Å². The number of hydrogen-bond donors (Lipinski definition) is 2. The molecule has 0 unspecified atom stereocenters. The van der Waals surface area contributed by atoms with Gasteiger partial charge < -0.3 is 16.4 Å². The summed E-state index contributed by atoms with van der Waals surface area (Å²) >= 11 is 0. The summed E-state index contributed by atoms with van der Waals surface area (Å²) in [6.07, 6.45) is 8.41. The lowest BCUT2D eigenvalue weighted by Crippen LogP contribution is -2.43. The molecule has 4 rings (SSSR count). The number of nitrogens with two attached hydrogens (primary N) is 2. The van der Waals surface area contributed by atoms with Gasteiger partial charge in [0.2, 0.25) is 0 Å². The molecule has 3 aromatic heterocycles. The Morgan fingerprint density at radius 1 is 1.19 bits per heavy atom. The van der Waals surface area contributed by atoms with E-state index in [4.69, 9.17) is 11.5 Å². The van der Waals surface area contributed by atoms with E-state index in [1.54, 1.807) is 30.7 Å². The Bertz CT molecular complexity index is 1080. The van der Waals surface area contributed by atoms with Crippen LogP contribution in [-0.4, -0.2) is 39.9 Å². The average molecular weight is 417 g/mol. The summed E-state index contributed by atoms with van der Waals surface area (Å²) in [6, 6.07) is 9.59. The fourth-order valence-corrected chi connectivity index (χ4v) is 4.02. The number of rotatable bonds is 6. The highest BCUT2D eigenvalue weighted by Gasteiger charge is 2.22. The van der Waals surface area contributed by atoms with Crippen molar-refractivity contribution in [2.45, 2.75) is 38.6 Å². The number of pyridine rings is 3. The van der Waals surface area contributed by atoms with Crippen LogP contribution in [0, 0.1) is 0 Å². The number of carbonyl (C=O) groups is 1. The van der Waals surface area contributed by atoms with Gasteiger partial charge in [-0.3, -0.25) is 14.8 Å². The zero-order valence-electron chi connectivity index (χ0n) is 17.8. The van der Waals surface area contributed by atoms with E-state index in [1.165, 1.54) is 0 Å².